The third kappa shape index (κ3) is 2.73. The maximum atomic E-state index is 11.0. The largest absolute Gasteiger partial charge is 0.378 e. The van der Waals surface area contributed by atoms with Crippen molar-refractivity contribution in [3.8, 4) is 0 Å². The highest BCUT2D eigenvalue weighted by molar-refractivity contribution is 5.89. The fraction of sp³-hybridized carbons (Fsp3) is 0.417. The van der Waals surface area contributed by atoms with Crippen LogP contribution in [-0.2, 0) is 9.53 Å². The first-order chi connectivity index (χ1) is 7.75. The highest BCUT2D eigenvalue weighted by Crippen LogP contribution is 2.20. The SMILES string of the molecule is CC(=O)Nc1cccc(N2CCOCC2)c1. The van der Waals surface area contributed by atoms with Gasteiger partial charge < -0.3 is 15.0 Å². The zero-order chi connectivity index (χ0) is 11.4. The molecule has 86 valence electrons. The Bertz CT molecular complexity index is 373. The van der Waals surface area contributed by atoms with Gasteiger partial charge in [-0.15, -0.1) is 0 Å². The van der Waals surface area contributed by atoms with Crippen LogP contribution in [0.5, 0.6) is 0 Å². The first-order valence-electron chi connectivity index (χ1n) is 5.46. The molecule has 0 aromatic heterocycles. The van der Waals surface area contributed by atoms with Crippen molar-refractivity contribution in [3.05, 3.63) is 24.3 Å². The second-order valence-electron chi connectivity index (χ2n) is 3.83. The molecule has 1 amide bonds. The van der Waals surface area contributed by atoms with Crippen LogP contribution in [-0.4, -0.2) is 32.2 Å². The molecule has 1 fully saturated rings. The number of hydrogen-bond acceptors (Lipinski definition) is 3. The maximum Gasteiger partial charge on any atom is 0.221 e. The number of rotatable bonds is 2. The topological polar surface area (TPSA) is 41.6 Å². The van der Waals surface area contributed by atoms with Gasteiger partial charge in [0.25, 0.3) is 0 Å². The molecule has 4 nitrogen and oxygen atoms in total. The summed E-state index contributed by atoms with van der Waals surface area (Å²) in [6.45, 7) is 4.86. The summed E-state index contributed by atoms with van der Waals surface area (Å²) < 4.78 is 5.30. The molecule has 0 radical (unpaired) electrons. The molecule has 1 aliphatic heterocycles. The van der Waals surface area contributed by atoms with E-state index in [9.17, 15) is 4.79 Å². The van der Waals surface area contributed by atoms with E-state index in [0.29, 0.717) is 0 Å². The van der Waals surface area contributed by atoms with Gasteiger partial charge in [0.2, 0.25) is 5.91 Å². The number of amides is 1. The molecule has 1 aromatic rings. The van der Waals surface area contributed by atoms with E-state index in [-0.39, 0.29) is 5.91 Å². The molecule has 0 spiro atoms. The number of anilines is 2. The van der Waals surface area contributed by atoms with Crippen LogP contribution in [0.3, 0.4) is 0 Å². The number of morpholine rings is 1. The zero-order valence-electron chi connectivity index (χ0n) is 9.40. The molecule has 1 aliphatic rings. The van der Waals surface area contributed by atoms with Crippen LogP contribution in [0, 0.1) is 0 Å². The van der Waals surface area contributed by atoms with Crippen molar-refractivity contribution in [1.82, 2.24) is 0 Å². The summed E-state index contributed by atoms with van der Waals surface area (Å²) in [7, 11) is 0. The van der Waals surface area contributed by atoms with Crippen molar-refractivity contribution in [1.29, 1.82) is 0 Å². The quantitative estimate of drug-likeness (QED) is 0.820. The minimum Gasteiger partial charge on any atom is -0.378 e. The van der Waals surface area contributed by atoms with Gasteiger partial charge >= 0.3 is 0 Å². The molecule has 0 saturated carbocycles. The summed E-state index contributed by atoms with van der Waals surface area (Å²) in [5.41, 5.74) is 1.98. The second kappa shape index (κ2) is 4.99. The summed E-state index contributed by atoms with van der Waals surface area (Å²) >= 11 is 0. The van der Waals surface area contributed by atoms with E-state index in [1.165, 1.54) is 6.92 Å². The van der Waals surface area contributed by atoms with Crippen molar-refractivity contribution >= 4 is 17.3 Å². The minimum atomic E-state index is -0.0425. The van der Waals surface area contributed by atoms with Gasteiger partial charge in [-0.05, 0) is 18.2 Å². The lowest BCUT2D eigenvalue weighted by Crippen LogP contribution is -2.36. The summed E-state index contributed by atoms with van der Waals surface area (Å²) in [5, 5.41) is 2.79. The number of benzene rings is 1. The highest BCUT2D eigenvalue weighted by Gasteiger charge is 2.11. The number of ether oxygens (including phenoxy) is 1. The van der Waals surface area contributed by atoms with Gasteiger partial charge in [-0.25, -0.2) is 0 Å². The molecule has 1 saturated heterocycles. The van der Waals surface area contributed by atoms with Crippen molar-refractivity contribution in [3.63, 3.8) is 0 Å². The molecular formula is C12H16N2O2. The normalized spacial score (nSPS) is 15.9. The average molecular weight is 220 g/mol. The summed E-state index contributed by atoms with van der Waals surface area (Å²) in [6.07, 6.45) is 0. The smallest absolute Gasteiger partial charge is 0.221 e. The molecule has 1 N–H and O–H groups in total. The fourth-order valence-corrected chi connectivity index (χ4v) is 1.81. The van der Waals surface area contributed by atoms with Crippen LogP contribution in [0.2, 0.25) is 0 Å². The Kier molecular flexibility index (Phi) is 3.41. The number of carbonyl (C=O) groups is 1. The summed E-state index contributed by atoms with van der Waals surface area (Å²) in [6, 6.07) is 7.89. The van der Waals surface area contributed by atoms with E-state index >= 15 is 0 Å². The number of nitrogens with one attached hydrogen (secondary N) is 1. The van der Waals surface area contributed by atoms with Gasteiger partial charge in [-0.2, -0.15) is 0 Å². The summed E-state index contributed by atoms with van der Waals surface area (Å²) in [4.78, 5) is 13.2. The van der Waals surface area contributed by atoms with Gasteiger partial charge in [0.05, 0.1) is 13.2 Å². The van der Waals surface area contributed by atoms with Crippen LogP contribution >= 0.6 is 0 Å². The monoisotopic (exact) mass is 220 g/mol. The predicted octanol–water partition coefficient (Wildman–Crippen LogP) is 1.48. The van der Waals surface area contributed by atoms with Gasteiger partial charge in [0.1, 0.15) is 0 Å². The van der Waals surface area contributed by atoms with Crippen molar-refractivity contribution < 1.29 is 9.53 Å². The third-order valence-corrected chi connectivity index (χ3v) is 2.54. The first-order valence-corrected chi connectivity index (χ1v) is 5.46. The van der Waals surface area contributed by atoms with Crippen molar-refractivity contribution in [2.75, 3.05) is 36.5 Å². The minimum absolute atomic E-state index is 0.0425. The first kappa shape index (κ1) is 11.0. The van der Waals surface area contributed by atoms with Gasteiger partial charge in [0.15, 0.2) is 0 Å². The summed E-state index contributed by atoms with van der Waals surface area (Å²) in [5.74, 6) is -0.0425. The third-order valence-electron chi connectivity index (χ3n) is 2.54. The molecule has 2 rings (SSSR count). The molecule has 0 aliphatic carbocycles. The second-order valence-corrected chi connectivity index (χ2v) is 3.83. The van der Waals surface area contributed by atoms with Gasteiger partial charge in [0, 0.05) is 31.4 Å². The Morgan fingerprint density at radius 3 is 2.81 bits per heavy atom. The van der Waals surface area contributed by atoms with E-state index in [0.717, 1.165) is 37.7 Å². The number of nitrogens with zero attached hydrogens (tertiary/aromatic N) is 1. The van der Waals surface area contributed by atoms with Gasteiger partial charge in [-0.3, -0.25) is 4.79 Å². The Hall–Kier alpha value is -1.55. The van der Waals surface area contributed by atoms with Crippen LogP contribution in [0.15, 0.2) is 24.3 Å². The molecule has 1 heterocycles. The molecule has 0 unspecified atom stereocenters. The fourth-order valence-electron chi connectivity index (χ4n) is 1.81. The lowest BCUT2D eigenvalue weighted by Gasteiger charge is -2.29. The molecule has 0 bridgehead atoms. The molecule has 1 aromatic carbocycles. The molecular weight excluding hydrogens is 204 g/mol. The lowest BCUT2D eigenvalue weighted by atomic mass is 10.2. The number of carbonyl (C=O) groups excluding carboxylic acids is 1. The maximum absolute atomic E-state index is 11.0. The van der Waals surface area contributed by atoms with E-state index in [1.807, 2.05) is 18.2 Å². The molecule has 16 heavy (non-hydrogen) atoms. The Morgan fingerprint density at radius 2 is 2.12 bits per heavy atom. The molecule has 4 heteroatoms. The Balaban J connectivity index is 2.11. The van der Waals surface area contributed by atoms with Crippen LogP contribution in [0.1, 0.15) is 6.92 Å². The molecule has 0 atom stereocenters. The number of hydrogen-bond donors (Lipinski definition) is 1. The van der Waals surface area contributed by atoms with E-state index in [4.69, 9.17) is 4.74 Å². The van der Waals surface area contributed by atoms with Crippen LogP contribution < -0.4 is 10.2 Å². The van der Waals surface area contributed by atoms with Crippen LogP contribution in [0.4, 0.5) is 11.4 Å². The average Bonchev–Trinajstić information content (AvgIpc) is 2.30. The van der Waals surface area contributed by atoms with Crippen LogP contribution in [0.25, 0.3) is 0 Å². The Morgan fingerprint density at radius 1 is 1.38 bits per heavy atom. The zero-order valence-corrected chi connectivity index (χ0v) is 9.40. The van der Waals surface area contributed by atoms with E-state index < -0.39 is 0 Å². The predicted molar refractivity (Wildman–Crippen MR) is 63.8 cm³/mol. The van der Waals surface area contributed by atoms with Crippen molar-refractivity contribution in [2.24, 2.45) is 0 Å². The highest BCUT2D eigenvalue weighted by atomic mass is 16.5. The standard InChI is InChI=1S/C12H16N2O2/c1-10(15)13-11-3-2-4-12(9-11)14-5-7-16-8-6-14/h2-4,9H,5-8H2,1H3,(H,13,15). The lowest BCUT2D eigenvalue weighted by molar-refractivity contribution is -0.114. The van der Waals surface area contributed by atoms with Crippen molar-refractivity contribution in [2.45, 2.75) is 6.92 Å². The van der Waals surface area contributed by atoms with E-state index in [1.54, 1.807) is 0 Å². The van der Waals surface area contributed by atoms with E-state index in [2.05, 4.69) is 16.3 Å². The van der Waals surface area contributed by atoms with Gasteiger partial charge in [-0.1, -0.05) is 6.07 Å². The Labute approximate surface area is 95.2 Å².